The molecule has 3 aromatic rings. The minimum absolute atomic E-state index is 0.157. The number of methoxy groups -OCH3 is 1. The number of hydrogen-bond acceptors (Lipinski definition) is 5. The summed E-state index contributed by atoms with van der Waals surface area (Å²) >= 11 is 7.16. The van der Waals surface area contributed by atoms with Gasteiger partial charge in [-0.15, -0.1) is 11.3 Å². The molecule has 1 aromatic carbocycles. The molecule has 100 valence electrons. The van der Waals surface area contributed by atoms with Gasteiger partial charge in [-0.25, -0.2) is 9.78 Å². The Bertz CT molecular complexity index is 801. The highest BCUT2D eigenvalue weighted by molar-refractivity contribution is 7.17. The molecule has 0 N–H and O–H groups in total. The number of pyridine rings is 1. The Labute approximate surface area is 124 Å². The van der Waals surface area contributed by atoms with Gasteiger partial charge in [0.05, 0.1) is 12.6 Å². The molecule has 0 fully saturated rings. The van der Waals surface area contributed by atoms with Gasteiger partial charge in [-0.2, -0.15) is 0 Å². The largest absolute Gasteiger partial charge is 0.465 e. The summed E-state index contributed by atoms with van der Waals surface area (Å²) in [7, 11) is 1.32. The molecule has 0 bridgehead atoms. The highest BCUT2D eigenvalue weighted by atomic mass is 35.5. The van der Waals surface area contributed by atoms with Crippen LogP contribution in [-0.4, -0.2) is 23.0 Å². The number of rotatable bonds is 2. The molecule has 0 amide bonds. The van der Waals surface area contributed by atoms with Crippen LogP contribution in [0.4, 0.5) is 0 Å². The van der Waals surface area contributed by atoms with Gasteiger partial charge in [0.15, 0.2) is 10.0 Å². The van der Waals surface area contributed by atoms with Crippen LogP contribution < -0.4 is 0 Å². The number of ether oxygens (including phenoxy) is 1. The predicted octanol–water partition coefficient (Wildman–Crippen LogP) is 3.80. The summed E-state index contributed by atoms with van der Waals surface area (Å²) in [5, 5.41) is 1.81. The zero-order valence-electron chi connectivity index (χ0n) is 10.5. The molecule has 0 aliphatic heterocycles. The fourth-order valence-electron chi connectivity index (χ4n) is 1.83. The fraction of sp³-hybridized carbons (Fsp3) is 0.0714. The van der Waals surface area contributed by atoms with Crippen LogP contribution in [0.15, 0.2) is 36.5 Å². The molecule has 2 heterocycles. The van der Waals surface area contributed by atoms with Crippen molar-refractivity contribution in [2.75, 3.05) is 7.11 Å². The number of nitrogens with zero attached hydrogens (tertiary/aromatic N) is 2. The van der Waals surface area contributed by atoms with Crippen molar-refractivity contribution >= 4 is 39.8 Å². The molecule has 0 aliphatic carbocycles. The van der Waals surface area contributed by atoms with E-state index >= 15 is 0 Å². The van der Waals surface area contributed by atoms with Crippen LogP contribution in [0.3, 0.4) is 0 Å². The van der Waals surface area contributed by atoms with Crippen molar-refractivity contribution in [1.29, 1.82) is 0 Å². The number of para-hydroxylation sites is 1. The topological polar surface area (TPSA) is 52.1 Å². The van der Waals surface area contributed by atoms with Crippen LogP contribution in [-0.2, 0) is 4.74 Å². The maximum Gasteiger partial charge on any atom is 0.351 e. The molecule has 0 saturated carbocycles. The molecule has 20 heavy (non-hydrogen) atoms. The van der Waals surface area contributed by atoms with Crippen LogP contribution in [0.5, 0.6) is 0 Å². The fourth-order valence-corrected chi connectivity index (χ4v) is 3.02. The Morgan fingerprint density at radius 3 is 2.95 bits per heavy atom. The quantitative estimate of drug-likeness (QED) is 0.676. The van der Waals surface area contributed by atoms with Crippen LogP contribution >= 0.6 is 22.9 Å². The third-order valence-corrected chi connectivity index (χ3v) is 4.26. The van der Waals surface area contributed by atoms with E-state index in [9.17, 15) is 4.79 Å². The molecule has 0 atom stereocenters. The second-order valence-corrected chi connectivity index (χ2v) is 5.40. The van der Waals surface area contributed by atoms with Crippen molar-refractivity contribution in [3.8, 4) is 10.6 Å². The summed E-state index contributed by atoms with van der Waals surface area (Å²) in [5.74, 6) is -0.479. The first-order chi connectivity index (χ1) is 9.69. The summed E-state index contributed by atoms with van der Waals surface area (Å²) in [5.41, 5.74) is 1.73. The maximum absolute atomic E-state index is 11.5. The first kappa shape index (κ1) is 13.0. The molecule has 6 heteroatoms. The number of benzene rings is 1. The predicted molar refractivity (Wildman–Crippen MR) is 79.2 cm³/mol. The summed E-state index contributed by atoms with van der Waals surface area (Å²) in [6, 6.07) is 9.77. The second kappa shape index (κ2) is 5.19. The van der Waals surface area contributed by atoms with Crippen molar-refractivity contribution in [3.05, 3.63) is 46.6 Å². The van der Waals surface area contributed by atoms with Gasteiger partial charge >= 0.3 is 5.97 Å². The minimum atomic E-state index is -0.479. The zero-order valence-corrected chi connectivity index (χ0v) is 12.0. The number of halogens is 1. The van der Waals surface area contributed by atoms with Crippen molar-refractivity contribution in [2.45, 2.75) is 0 Å². The van der Waals surface area contributed by atoms with E-state index in [0.717, 1.165) is 16.5 Å². The number of fused-ring (bicyclic) bond motifs is 1. The van der Waals surface area contributed by atoms with Gasteiger partial charge in [0, 0.05) is 17.1 Å². The minimum Gasteiger partial charge on any atom is -0.465 e. The molecule has 3 rings (SSSR count). The summed E-state index contributed by atoms with van der Waals surface area (Å²) in [6.45, 7) is 0. The van der Waals surface area contributed by atoms with E-state index in [0.29, 0.717) is 9.88 Å². The van der Waals surface area contributed by atoms with E-state index in [1.165, 1.54) is 18.4 Å². The number of carbonyl (C=O) groups excluding carboxylic acids is 1. The lowest BCUT2D eigenvalue weighted by molar-refractivity contribution is 0.0606. The Morgan fingerprint density at radius 2 is 2.15 bits per heavy atom. The van der Waals surface area contributed by atoms with Crippen LogP contribution in [0.1, 0.15) is 9.67 Å². The van der Waals surface area contributed by atoms with E-state index in [4.69, 9.17) is 11.6 Å². The normalized spacial score (nSPS) is 10.7. The SMILES string of the molecule is COC(=O)c1sc(-c2cnc3ccccc3c2)nc1Cl. The van der Waals surface area contributed by atoms with Gasteiger partial charge in [0.25, 0.3) is 0 Å². The van der Waals surface area contributed by atoms with E-state index < -0.39 is 5.97 Å². The Hall–Kier alpha value is -1.98. The van der Waals surface area contributed by atoms with Gasteiger partial charge in [-0.3, -0.25) is 4.98 Å². The van der Waals surface area contributed by atoms with Crippen molar-refractivity contribution < 1.29 is 9.53 Å². The number of carbonyl (C=O) groups is 1. The summed E-state index contributed by atoms with van der Waals surface area (Å²) in [6.07, 6.45) is 1.72. The standard InChI is InChI=1S/C14H9ClN2O2S/c1-19-14(18)11-12(15)17-13(20-11)9-6-8-4-2-3-5-10(8)16-7-9/h2-7H,1H3. The molecule has 0 saturated heterocycles. The first-order valence-corrected chi connectivity index (χ1v) is 6.98. The highest BCUT2D eigenvalue weighted by Gasteiger charge is 2.18. The lowest BCUT2D eigenvalue weighted by Gasteiger charge is -1.99. The number of thiazole rings is 1. The average molecular weight is 305 g/mol. The van der Waals surface area contributed by atoms with Crippen LogP contribution in [0.25, 0.3) is 21.5 Å². The van der Waals surface area contributed by atoms with Gasteiger partial charge < -0.3 is 4.74 Å². The smallest absolute Gasteiger partial charge is 0.351 e. The van der Waals surface area contributed by atoms with Crippen molar-refractivity contribution in [1.82, 2.24) is 9.97 Å². The number of esters is 1. The van der Waals surface area contributed by atoms with Crippen LogP contribution in [0.2, 0.25) is 5.15 Å². The van der Waals surface area contributed by atoms with E-state index in [-0.39, 0.29) is 5.15 Å². The molecular weight excluding hydrogens is 296 g/mol. The van der Waals surface area contributed by atoms with Gasteiger partial charge in [-0.1, -0.05) is 29.8 Å². The van der Waals surface area contributed by atoms with Crippen molar-refractivity contribution in [2.24, 2.45) is 0 Å². The highest BCUT2D eigenvalue weighted by Crippen LogP contribution is 2.32. The zero-order chi connectivity index (χ0) is 14.1. The molecule has 4 nitrogen and oxygen atoms in total. The molecule has 0 radical (unpaired) electrons. The maximum atomic E-state index is 11.5. The van der Waals surface area contributed by atoms with Crippen LogP contribution in [0, 0.1) is 0 Å². The van der Waals surface area contributed by atoms with Gasteiger partial charge in [-0.05, 0) is 12.1 Å². The van der Waals surface area contributed by atoms with E-state index in [1.807, 2.05) is 30.3 Å². The summed E-state index contributed by atoms with van der Waals surface area (Å²) in [4.78, 5) is 20.4. The molecule has 0 spiro atoms. The molecule has 0 unspecified atom stereocenters. The average Bonchev–Trinajstić information content (AvgIpc) is 2.88. The molecule has 2 aromatic heterocycles. The van der Waals surface area contributed by atoms with E-state index in [2.05, 4.69) is 14.7 Å². The Morgan fingerprint density at radius 1 is 1.35 bits per heavy atom. The van der Waals surface area contributed by atoms with Gasteiger partial charge in [0.1, 0.15) is 5.01 Å². The lowest BCUT2D eigenvalue weighted by Crippen LogP contribution is -1.98. The first-order valence-electron chi connectivity index (χ1n) is 5.79. The third-order valence-electron chi connectivity index (χ3n) is 2.79. The second-order valence-electron chi connectivity index (χ2n) is 4.05. The summed E-state index contributed by atoms with van der Waals surface area (Å²) < 4.78 is 4.67. The number of aromatic nitrogens is 2. The monoisotopic (exact) mass is 304 g/mol. The van der Waals surface area contributed by atoms with Gasteiger partial charge in [0.2, 0.25) is 0 Å². The van der Waals surface area contributed by atoms with Crippen molar-refractivity contribution in [3.63, 3.8) is 0 Å². The van der Waals surface area contributed by atoms with E-state index in [1.54, 1.807) is 6.20 Å². The Kier molecular flexibility index (Phi) is 3.38. The third kappa shape index (κ3) is 2.26. The lowest BCUT2D eigenvalue weighted by atomic mass is 10.2. The molecular formula is C14H9ClN2O2S. The Balaban J connectivity index is 2.09. The molecule has 0 aliphatic rings. The number of hydrogen-bond donors (Lipinski definition) is 0.